The first-order valence-corrected chi connectivity index (χ1v) is 6.35. The van der Waals surface area contributed by atoms with Crippen LogP contribution in [0.15, 0.2) is 24.5 Å². The molecule has 0 bridgehead atoms. The van der Waals surface area contributed by atoms with Crippen molar-refractivity contribution in [1.29, 1.82) is 0 Å². The van der Waals surface area contributed by atoms with Crippen LogP contribution >= 0.6 is 0 Å². The monoisotopic (exact) mass is 212 g/mol. The van der Waals surface area contributed by atoms with E-state index in [-0.39, 0.29) is 11.8 Å². The zero-order valence-electron chi connectivity index (χ0n) is 7.68. The van der Waals surface area contributed by atoms with E-state index in [0.717, 1.165) is 5.69 Å². The van der Waals surface area contributed by atoms with Gasteiger partial charge in [-0.1, -0.05) is 0 Å². The Balaban J connectivity index is 2.01. The maximum absolute atomic E-state index is 11.2. The molecule has 1 atom stereocenters. The van der Waals surface area contributed by atoms with E-state index in [2.05, 4.69) is 10.3 Å². The van der Waals surface area contributed by atoms with Crippen LogP contribution in [-0.2, 0) is 9.84 Å². The van der Waals surface area contributed by atoms with Crippen molar-refractivity contribution in [2.45, 2.75) is 12.5 Å². The van der Waals surface area contributed by atoms with Gasteiger partial charge in [-0.05, 0) is 18.6 Å². The molecule has 1 aromatic rings. The Morgan fingerprint density at radius 2 is 2.07 bits per heavy atom. The Bertz CT molecular complexity index is 402. The van der Waals surface area contributed by atoms with Crippen LogP contribution in [0.25, 0.3) is 0 Å². The summed E-state index contributed by atoms with van der Waals surface area (Å²) in [4.78, 5) is 3.89. The Hall–Kier alpha value is -1.10. The summed E-state index contributed by atoms with van der Waals surface area (Å²) in [5.74, 6) is 0.547. The van der Waals surface area contributed by atoms with E-state index in [1.165, 1.54) is 0 Å². The molecule has 4 nitrogen and oxygen atoms in total. The van der Waals surface area contributed by atoms with Crippen molar-refractivity contribution in [3.8, 4) is 0 Å². The summed E-state index contributed by atoms with van der Waals surface area (Å²) < 4.78 is 22.4. The highest BCUT2D eigenvalue weighted by atomic mass is 32.2. The molecule has 0 aliphatic carbocycles. The Morgan fingerprint density at radius 1 is 1.36 bits per heavy atom. The molecule has 1 aliphatic rings. The molecule has 2 heterocycles. The fourth-order valence-corrected chi connectivity index (χ4v) is 3.27. The lowest BCUT2D eigenvalue weighted by atomic mass is 10.2. The summed E-state index contributed by atoms with van der Waals surface area (Å²) in [5.41, 5.74) is 0.933. The maximum atomic E-state index is 11.2. The van der Waals surface area contributed by atoms with Crippen LogP contribution in [0.5, 0.6) is 0 Å². The molecule has 0 aromatic carbocycles. The summed E-state index contributed by atoms with van der Waals surface area (Å²) in [5, 5.41) is 3.18. The molecule has 0 spiro atoms. The molecule has 1 aromatic heterocycles. The van der Waals surface area contributed by atoms with Crippen molar-refractivity contribution in [2.24, 2.45) is 0 Å². The fourth-order valence-electron chi connectivity index (χ4n) is 1.59. The summed E-state index contributed by atoms with van der Waals surface area (Å²) in [6.45, 7) is 0. The highest BCUT2D eigenvalue weighted by Crippen LogP contribution is 2.16. The number of sulfone groups is 1. The van der Waals surface area contributed by atoms with Crippen LogP contribution in [0.4, 0.5) is 5.69 Å². The molecule has 2 rings (SSSR count). The van der Waals surface area contributed by atoms with Crippen molar-refractivity contribution < 1.29 is 8.42 Å². The molecule has 0 amide bonds. The predicted octanol–water partition coefficient (Wildman–Crippen LogP) is 0.681. The van der Waals surface area contributed by atoms with Gasteiger partial charge in [0.05, 0.1) is 11.5 Å². The Labute approximate surface area is 83.3 Å². The fraction of sp³-hybridized carbons (Fsp3) is 0.444. The molecule has 0 radical (unpaired) electrons. The number of nitrogens with one attached hydrogen (secondary N) is 1. The largest absolute Gasteiger partial charge is 0.381 e. The topological polar surface area (TPSA) is 59.1 Å². The van der Waals surface area contributed by atoms with Crippen molar-refractivity contribution in [3.05, 3.63) is 24.5 Å². The average molecular weight is 212 g/mol. The lowest BCUT2D eigenvalue weighted by molar-refractivity contribution is 0.602. The van der Waals surface area contributed by atoms with Gasteiger partial charge < -0.3 is 5.32 Å². The van der Waals surface area contributed by atoms with E-state index in [1.54, 1.807) is 12.4 Å². The molecule has 0 saturated carbocycles. The zero-order chi connectivity index (χ0) is 10.0. The van der Waals surface area contributed by atoms with Crippen LogP contribution in [0, 0.1) is 0 Å². The minimum atomic E-state index is -2.79. The SMILES string of the molecule is O=S1(=O)CCC(Nc2ccncc2)C1. The van der Waals surface area contributed by atoms with Crippen LogP contribution in [0.2, 0.25) is 0 Å². The van der Waals surface area contributed by atoms with E-state index in [9.17, 15) is 8.42 Å². The van der Waals surface area contributed by atoms with Gasteiger partial charge in [-0.15, -0.1) is 0 Å². The quantitative estimate of drug-likeness (QED) is 0.783. The number of aromatic nitrogens is 1. The molecule has 1 aliphatic heterocycles. The van der Waals surface area contributed by atoms with Gasteiger partial charge in [-0.25, -0.2) is 8.42 Å². The third-order valence-corrected chi connectivity index (χ3v) is 4.05. The highest BCUT2D eigenvalue weighted by molar-refractivity contribution is 7.91. The van der Waals surface area contributed by atoms with Crippen LogP contribution in [0.1, 0.15) is 6.42 Å². The molecular formula is C9H12N2O2S. The number of rotatable bonds is 2. The first-order chi connectivity index (χ1) is 6.66. The number of pyridine rings is 1. The lowest BCUT2D eigenvalue weighted by Gasteiger charge is -2.11. The molecule has 76 valence electrons. The summed E-state index contributed by atoms with van der Waals surface area (Å²) in [6, 6.07) is 3.73. The molecule has 5 heteroatoms. The van der Waals surface area contributed by atoms with Gasteiger partial charge >= 0.3 is 0 Å². The Kier molecular flexibility index (Phi) is 2.41. The first kappa shape index (κ1) is 9.45. The van der Waals surface area contributed by atoms with Gasteiger partial charge in [-0.3, -0.25) is 4.98 Å². The van der Waals surface area contributed by atoms with E-state index < -0.39 is 9.84 Å². The van der Waals surface area contributed by atoms with Gasteiger partial charge in [0.25, 0.3) is 0 Å². The zero-order valence-corrected chi connectivity index (χ0v) is 8.50. The molecule has 1 unspecified atom stereocenters. The van der Waals surface area contributed by atoms with Crippen LogP contribution in [0.3, 0.4) is 0 Å². The Morgan fingerprint density at radius 3 is 2.64 bits per heavy atom. The number of hydrogen-bond acceptors (Lipinski definition) is 4. The van der Waals surface area contributed by atoms with Crippen molar-refractivity contribution in [2.75, 3.05) is 16.8 Å². The highest BCUT2D eigenvalue weighted by Gasteiger charge is 2.27. The van der Waals surface area contributed by atoms with Gasteiger partial charge in [0.15, 0.2) is 9.84 Å². The normalized spacial score (nSPS) is 24.7. The van der Waals surface area contributed by atoms with Crippen molar-refractivity contribution in [1.82, 2.24) is 4.98 Å². The molecule has 1 fully saturated rings. The third kappa shape index (κ3) is 2.23. The first-order valence-electron chi connectivity index (χ1n) is 4.53. The second kappa shape index (κ2) is 3.57. The molecule has 1 N–H and O–H groups in total. The number of hydrogen-bond donors (Lipinski definition) is 1. The summed E-state index contributed by atoms with van der Waals surface area (Å²) in [7, 11) is -2.79. The summed E-state index contributed by atoms with van der Waals surface area (Å²) in [6.07, 6.45) is 4.07. The van der Waals surface area contributed by atoms with Crippen LogP contribution < -0.4 is 5.32 Å². The molecule has 1 saturated heterocycles. The van der Waals surface area contributed by atoms with E-state index in [4.69, 9.17) is 0 Å². The second-order valence-corrected chi connectivity index (χ2v) is 5.71. The van der Waals surface area contributed by atoms with E-state index >= 15 is 0 Å². The van der Waals surface area contributed by atoms with Crippen molar-refractivity contribution in [3.63, 3.8) is 0 Å². The minimum absolute atomic E-state index is 0.0578. The molecular weight excluding hydrogens is 200 g/mol. The lowest BCUT2D eigenvalue weighted by Crippen LogP contribution is -2.20. The predicted molar refractivity (Wildman–Crippen MR) is 54.9 cm³/mol. The van der Waals surface area contributed by atoms with Crippen LogP contribution in [-0.4, -0.2) is 30.9 Å². The van der Waals surface area contributed by atoms with Gasteiger partial charge in [0, 0.05) is 24.1 Å². The number of nitrogens with zero attached hydrogens (tertiary/aromatic N) is 1. The van der Waals surface area contributed by atoms with E-state index in [0.29, 0.717) is 12.2 Å². The maximum Gasteiger partial charge on any atom is 0.152 e. The summed E-state index contributed by atoms with van der Waals surface area (Å²) >= 11 is 0. The van der Waals surface area contributed by atoms with Crippen molar-refractivity contribution >= 4 is 15.5 Å². The van der Waals surface area contributed by atoms with Gasteiger partial charge in [-0.2, -0.15) is 0 Å². The third-order valence-electron chi connectivity index (χ3n) is 2.28. The standard InChI is InChI=1S/C9H12N2O2S/c12-14(13)6-3-9(7-14)11-8-1-4-10-5-2-8/h1-2,4-5,9H,3,6-7H2,(H,10,11). The van der Waals surface area contributed by atoms with E-state index in [1.807, 2.05) is 12.1 Å². The minimum Gasteiger partial charge on any atom is -0.381 e. The smallest absolute Gasteiger partial charge is 0.152 e. The number of anilines is 1. The van der Waals surface area contributed by atoms with Gasteiger partial charge in [0.1, 0.15) is 0 Å². The average Bonchev–Trinajstić information content (AvgIpc) is 2.47. The second-order valence-electron chi connectivity index (χ2n) is 3.48. The molecule has 14 heavy (non-hydrogen) atoms. The van der Waals surface area contributed by atoms with Gasteiger partial charge in [0.2, 0.25) is 0 Å².